The maximum atomic E-state index is 13.3. The van der Waals surface area contributed by atoms with Crippen molar-refractivity contribution >= 4 is 5.91 Å². The molecule has 2 aromatic carbocycles. The zero-order valence-electron chi connectivity index (χ0n) is 19.3. The van der Waals surface area contributed by atoms with Gasteiger partial charge in [-0.3, -0.25) is 14.8 Å². The van der Waals surface area contributed by atoms with Gasteiger partial charge in [0, 0.05) is 0 Å². The first-order valence-electron chi connectivity index (χ1n) is 11.3. The van der Waals surface area contributed by atoms with E-state index >= 15 is 0 Å². The Bertz CT molecular complexity index is 1200. The first-order chi connectivity index (χ1) is 17.4. The fourth-order valence-corrected chi connectivity index (χ4v) is 4.43. The summed E-state index contributed by atoms with van der Waals surface area (Å²) in [4.78, 5) is 17.4. The highest BCUT2D eigenvalue weighted by molar-refractivity contribution is 5.88. The summed E-state index contributed by atoms with van der Waals surface area (Å²) in [7, 11) is 0. The van der Waals surface area contributed by atoms with Crippen LogP contribution in [0, 0.1) is 0 Å². The molecule has 2 heterocycles. The van der Waals surface area contributed by atoms with Crippen LogP contribution >= 0.6 is 0 Å². The predicted molar refractivity (Wildman–Crippen MR) is 119 cm³/mol. The first-order valence-corrected chi connectivity index (χ1v) is 11.3. The number of piperidine rings is 1. The van der Waals surface area contributed by atoms with E-state index in [0.717, 1.165) is 5.56 Å². The minimum absolute atomic E-state index is 0.0936. The van der Waals surface area contributed by atoms with Crippen molar-refractivity contribution in [2.75, 3.05) is 6.54 Å². The number of amides is 1. The van der Waals surface area contributed by atoms with E-state index in [1.54, 1.807) is 0 Å². The monoisotopic (exact) mass is 527 g/mol. The van der Waals surface area contributed by atoms with Gasteiger partial charge >= 0.3 is 12.4 Å². The van der Waals surface area contributed by atoms with E-state index in [2.05, 4.69) is 15.2 Å². The van der Waals surface area contributed by atoms with Gasteiger partial charge in [0.05, 0.1) is 36.4 Å². The Balaban J connectivity index is 1.59. The lowest BCUT2D eigenvalue weighted by Gasteiger charge is -2.41. The number of carbonyl (C=O) groups excluding carboxylic acids is 1. The number of aromatic nitrogens is 3. The second-order valence-corrected chi connectivity index (χ2v) is 8.70. The summed E-state index contributed by atoms with van der Waals surface area (Å²) in [6.07, 6.45) is -9.24. The van der Waals surface area contributed by atoms with Crippen molar-refractivity contribution in [2.45, 2.75) is 50.5 Å². The third-order valence-corrected chi connectivity index (χ3v) is 6.04. The number of carbonyl (C=O) groups is 1. The maximum Gasteiger partial charge on any atom is 0.416 e. The summed E-state index contributed by atoms with van der Waals surface area (Å²) in [5.74, 6) is -0.578. The van der Waals surface area contributed by atoms with Crippen molar-refractivity contribution in [1.29, 1.82) is 0 Å². The van der Waals surface area contributed by atoms with E-state index in [9.17, 15) is 31.1 Å². The van der Waals surface area contributed by atoms with Gasteiger partial charge in [0.1, 0.15) is 5.82 Å². The molecule has 0 spiro atoms. The van der Waals surface area contributed by atoms with Gasteiger partial charge < -0.3 is 10.5 Å². The lowest BCUT2D eigenvalue weighted by molar-refractivity contribution is -0.143. The Morgan fingerprint density at radius 3 is 2.27 bits per heavy atom. The molecule has 4 rings (SSSR count). The number of nitrogens with two attached hydrogens (primary N) is 1. The standard InChI is InChI=1S/C24H23F6N5O2/c25-23(26,27)16-9-14(10-17(11-16)24(28,29)30)13-37-18-7-4-8-35(20(18)15-5-2-1-3-6-15)12-19-32-22(21(31)36)34-33-19/h1-3,5-6,9-11,18,20H,4,7-8,12-13H2,(H2,31,36)(H,32,33,34)/t18-,20-/m1/s1. The average molecular weight is 527 g/mol. The SMILES string of the molecule is NC(=O)c1n[nH]c(CN2CCC[C@@H](OCc3cc(C(F)(F)F)cc(C(F)(F)F)c3)[C@H]2c2ccccc2)n1. The van der Waals surface area contributed by atoms with Crippen molar-refractivity contribution < 1.29 is 35.9 Å². The number of rotatable bonds is 7. The van der Waals surface area contributed by atoms with Gasteiger partial charge in [-0.1, -0.05) is 30.3 Å². The van der Waals surface area contributed by atoms with Crippen LogP contribution in [0.4, 0.5) is 26.3 Å². The number of hydrogen-bond acceptors (Lipinski definition) is 5. The minimum Gasteiger partial charge on any atom is -0.372 e. The molecule has 1 aliphatic rings. The number of likely N-dealkylation sites (tertiary alicyclic amines) is 1. The summed E-state index contributed by atoms with van der Waals surface area (Å²) in [5, 5.41) is 6.44. The van der Waals surface area contributed by atoms with Crippen molar-refractivity contribution in [1.82, 2.24) is 20.1 Å². The van der Waals surface area contributed by atoms with E-state index in [1.165, 1.54) is 0 Å². The molecule has 37 heavy (non-hydrogen) atoms. The number of aromatic amines is 1. The Hall–Kier alpha value is -3.45. The third-order valence-electron chi connectivity index (χ3n) is 6.04. The molecule has 3 N–H and O–H groups in total. The zero-order chi connectivity index (χ0) is 26.8. The van der Waals surface area contributed by atoms with Crippen molar-refractivity contribution in [3.8, 4) is 0 Å². The molecule has 0 radical (unpaired) electrons. The molecule has 0 aliphatic carbocycles. The highest BCUT2D eigenvalue weighted by atomic mass is 19.4. The van der Waals surface area contributed by atoms with Crippen molar-refractivity contribution in [3.63, 3.8) is 0 Å². The van der Waals surface area contributed by atoms with Crippen LogP contribution in [0.2, 0.25) is 0 Å². The highest BCUT2D eigenvalue weighted by Crippen LogP contribution is 2.38. The van der Waals surface area contributed by atoms with Gasteiger partial charge in [0.2, 0.25) is 5.82 Å². The summed E-state index contributed by atoms with van der Waals surface area (Å²) in [5.41, 5.74) is 3.06. The van der Waals surface area contributed by atoms with Gasteiger partial charge in [-0.2, -0.15) is 26.3 Å². The lowest BCUT2D eigenvalue weighted by Crippen LogP contribution is -2.42. The molecule has 198 valence electrons. The van der Waals surface area contributed by atoms with E-state index in [1.807, 2.05) is 35.2 Å². The number of H-pyrrole nitrogens is 1. The molecule has 0 unspecified atom stereocenters. The number of primary amides is 1. The number of hydrogen-bond donors (Lipinski definition) is 2. The Labute approximate surface area is 207 Å². The minimum atomic E-state index is -4.94. The van der Waals surface area contributed by atoms with Gasteiger partial charge in [-0.05, 0) is 48.7 Å². The Morgan fingerprint density at radius 1 is 1.05 bits per heavy atom. The molecule has 3 aromatic rings. The maximum absolute atomic E-state index is 13.3. The molecule has 13 heteroatoms. The Morgan fingerprint density at radius 2 is 1.70 bits per heavy atom. The molecule has 0 bridgehead atoms. The van der Waals surface area contributed by atoms with Crippen LogP contribution in [0.3, 0.4) is 0 Å². The predicted octanol–water partition coefficient (Wildman–Crippen LogP) is 4.86. The lowest BCUT2D eigenvalue weighted by atomic mass is 9.92. The number of nitrogens with zero attached hydrogens (tertiary/aromatic N) is 3. The van der Waals surface area contributed by atoms with Crippen molar-refractivity contribution in [2.24, 2.45) is 5.73 Å². The van der Waals surface area contributed by atoms with Crippen LogP contribution in [0.5, 0.6) is 0 Å². The smallest absolute Gasteiger partial charge is 0.372 e. The molecule has 0 saturated carbocycles. The van der Waals surface area contributed by atoms with Gasteiger partial charge in [-0.25, -0.2) is 4.98 Å². The summed E-state index contributed by atoms with van der Waals surface area (Å²) in [6, 6.07) is 10.2. The van der Waals surface area contributed by atoms with Crippen LogP contribution in [-0.4, -0.2) is 38.6 Å². The molecule has 1 amide bonds. The average Bonchev–Trinajstić information content (AvgIpc) is 3.31. The molecule has 2 atom stereocenters. The molecular weight excluding hydrogens is 504 g/mol. The number of ether oxygens (including phenoxy) is 1. The van der Waals surface area contributed by atoms with Crippen molar-refractivity contribution in [3.05, 3.63) is 82.4 Å². The summed E-state index contributed by atoms with van der Waals surface area (Å²) >= 11 is 0. The zero-order valence-corrected chi connectivity index (χ0v) is 19.3. The largest absolute Gasteiger partial charge is 0.416 e. The van der Waals surface area contributed by atoms with E-state index < -0.39 is 42.1 Å². The second kappa shape index (κ2) is 10.5. The topological polar surface area (TPSA) is 97.1 Å². The van der Waals surface area contributed by atoms with E-state index in [4.69, 9.17) is 10.5 Å². The number of halogens is 6. The van der Waals surface area contributed by atoms with Gasteiger partial charge in [-0.15, -0.1) is 5.10 Å². The number of alkyl halides is 6. The van der Waals surface area contributed by atoms with Gasteiger partial charge in [0.15, 0.2) is 0 Å². The van der Waals surface area contributed by atoms with Crippen LogP contribution in [0.1, 0.15) is 57.6 Å². The molecule has 1 saturated heterocycles. The van der Waals surface area contributed by atoms with Crippen LogP contribution in [0.15, 0.2) is 48.5 Å². The first kappa shape index (κ1) is 26.6. The fraction of sp³-hybridized carbons (Fsp3) is 0.375. The number of benzene rings is 2. The van der Waals surface area contributed by atoms with Crippen LogP contribution in [-0.2, 0) is 30.2 Å². The normalized spacial score (nSPS) is 19.2. The van der Waals surface area contributed by atoms with Crippen LogP contribution < -0.4 is 5.73 Å². The highest BCUT2D eigenvalue weighted by Gasteiger charge is 2.38. The second-order valence-electron chi connectivity index (χ2n) is 8.70. The number of nitrogens with one attached hydrogen (secondary N) is 1. The molecule has 1 aliphatic heterocycles. The van der Waals surface area contributed by atoms with E-state index in [-0.39, 0.29) is 30.0 Å². The summed E-state index contributed by atoms with van der Waals surface area (Å²) in [6.45, 7) is 0.401. The quantitative estimate of drug-likeness (QED) is 0.428. The summed E-state index contributed by atoms with van der Waals surface area (Å²) < 4.78 is 85.6. The van der Waals surface area contributed by atoms with Crippen LogP contribution in [0.25, 0.3) is 0 Å². The van der Waals surface area contributed by atoms with Gasteiger partial charge in [0.25, 0.3) is 5.91 Å². The molecule has 1 aromatic heterocycles. The molecule has 7 nitrogen and oxygen atoms in total. The molecule has 1 fully saturated rings. The molecular formula is C24H23F6N5O2. The Kier molecular flexibility index (Phi) is 7.55. The fourth-order valence-electron chi connectivity index (χ4n) is 4.43. The third kappa shape index (κ3) is 6.46. The van der Waals surface area contributed by atoms with E-state index in [0.29, 0.717) is 37.3 Å².